The molecule has 0 radical (unpaired) electrons. The molecule has 5 N–H and O–H groups in total. The van der Waals surface area contributed by atoms with Crippen molar-refractivity contribution in [3.05, 3.63) is 48.0 Å². The highest BCUT2D eigenvalue weighted by Gasteiger charge is 2.63. The average molecular weight is 603 g/mol. The van der Waals surface area contributed by atoms with Crippen molar-refractivity contribution in [2.45, 2.75) is 97.2 Å². The molecule has 0 bridgehead atoms. The van der Waals surface area contributed by atoms with Gasteiger partial charge >= 0.3 is 0 Å². The predicted molar refractivity (Wildman–Crippen MR) is 173 cm³/mol. The van der Waals surface area contributed by atoms with Gasteiger partial charge in [0, 0.05) is 30.0 Å². The summed E-state index contributed by atoms with van der Waals surface area (Å²) in [6.45, 7) is 7.11. The van der Waals surface area contributed by atoms with E-state index in [0.717, 1.165) is 44.2 Å². The summed E-state index contributed by atoms with van der Waals surface area (Å²) in [6.07, 6.45) is 10.9. The van der Waals surface area contributed by atoms with Crippen LogP contribution in [0.3, 0.4) is 0 Å². The fraction of sp³-hybridized carbons (Fsp3) is 0.622. The number of fused-ring (bicyclic) bond motifs is 5. The minimum atomic E-state index is -0.306. The summed E-state index contributed by atoms with van der Waals surface area (Å²) in [5, 5.41) is 44.6. The third kappa shape index (κ3) is 5.66. The normalized spacial score (nSPS) is 37.2. The Bertz CT molecular complexity index is 1380. The third-order valence-electron chi connectivity index (χ3n) is 12.8. The summed E-state index contributed by atoms with van der Waals surface area (Å²) in [5.74, 6) is 3.07. The second kappa shape index (κ2) is 12.1. The van der Waals surface area contributed by atoms with Crippen LogP contribution in [0.1, 0.15) is 90.5 Å². The first kappa shape index (κ1) is 31.1. The van der Waals surface area contributed by atoms with Gasteiger partial charge in [0.25, 0.3) is 0 Å². The second-order valence-corrected chi connectivity index (χ2v) is 15.0. The van der Waals surface area contributed by atoms with Gasteiger partial charge in [0.15, 0.2) is 0 Å². The highest BCUT2D eigenvalue weighted by molar-refractivity contribution is 5.91. The molecule has 4 fully saturated rings. The lowest BCUT2D eigenvalue weighted by Gasteiger charge is -2.62. The first-order valence-electron chi connectivity index (χ1n) is 16.8. The molecule has 4 aliphatic carbocycles. The number of aliphatic hydroxyl groups is 2. The van der Waals surface area contributed by atoms with Crippen LogP contribution in [0.4, 0.5) is 11.4 Å². The van der Waals surface area contributed by atoms with Crippen LogP contribution in [-0.2, 0) is 4.79 Å². The first-order chi connectivity index (χ1) is 21.0. The molecular weight excluding hydrogens is 552 g/mol. The zero-order valence-corrected chi connectivity index (χ0v) is 26.5. The molecule has 0 aliphatic heterocycles. The Morgan fingerprint density at radius 3 is 2.52 bits per heavy atom. The lowest BCUT2D eigenvalue weighted by atomic mass is 9.43. The molecule has 10 atom stereocenters. The summed E-state index contributed by atoms with van der Waals surface area (Å²) in [7, 11) is 0. The van der Waals surface area contributed by atoms with Gasteiger partial charge in [0.2, 0.25) is 5.91 Å². The van der Waals surface area contributed by atoms with Crippen molar-refractivity contribution in [2.24, 2.45) is 51.3 Å². The lowest BCUT2D eigenvalue weighted by Crippen LogP contribution is -2.58. The topological polar surface area (TPSA) is 122 Å². The van der Waals surface area contributed by atoms with E-state index in [4.69, 9.17) is 0 Å². The molecule has 6 rings (SSSR count). The lowest BCUT2D eigenvalue weighted by molar-refractivity contribution is -0.174. The molecule has 0 aromatic heterocycles. The molecule has 4 saturated carbocycles. The van der Waals surface area contributed by atoms with E-state index in [1.165, 1.54) is 37.6 Å². The van der Waals surface area contributed by atoms with Gasteiger partial charge < -0.3 is 25.7 Å². The number of nitrogens with zero attached hydrogens (tertiary/aromatic N) is 1. The van der Waals surface area contributed by atoms with E-state index in [-0.39, 0.29) is 40.4 Å². The number of amides is 1. The maximum absolute atomic E-state index is 12.9. The minimum absolute atomic E-state index is 0.00296. The molecular formula is C37H50N2O5. The molecule has 7 nitrogen and oxygen atoms in total. The number of phenols is 2. The molecule has 1 amide bonds. The van der Waals surface area contributed by atoms with Crippen molar-refractivity contribution in [3.63, 3.8) is 0 Å². The zero-order chi connectivity index (χ0) is 31.2. The monoisotopic (exact) mass is 602 g/mol. The van der Waals surface area contributed by atoms with Crippen LogP contribution in [0.5, 0.6) is 11.5 Å². The van der Waals surface area contributed by atoms with Gasteiger partial charge in [-0.15, -0.1) is 0 Å². The minimum Gasteiger partial charge on any atom is -0.508 e. The van der Waals surface area contributed by atoms with Crippen molar-refractivity contribution in [2.75, 3.05) is 5.32 Å². The number of phenolic OH excluding ortho intramolecular Hbond substituents is 2. The van der Waals surface area contributed by atoms with E-state index in [2.05, 4.69) is 31.1 Å². The van der Waals surface area contributed by atoms with Crippen LogP contribution < -0.4 is 5.32 Å². The Morgan fingerprint density at radius 2 is 1.77 bits per heavy atom. The third-order valence-corrected chi connectivity index (χ3v) is 12.8. The van der Waals surface area contributed by atoms with Gasteiger partial charge in [0.05, 0.1) is 17.9 Å². The van der Waals surface area contributed by atoms with Crippen LogP contribution in [0, 0.1) is 46.3 Å². The van der Waals surface area contributed by atoms with Crippen molar-refractivity contribution in [1.82, 2.24) is 0 Å². The largest absolute Gasteiger partial charge is 0.508 e. The number of rotatable bonds is 7. The number of nitrogens with one attached hydrogen (secondary N) is 1. The fourth-order valence-corrected chi connectivity index (χ4v) is 10.4. The predicted octanol–water partition coefficient (Wildman–Crippen LogP) is 7.19. The van der Waals surface area contributed by atoms with E-state index in [9.17, 15) is 25.2 Å². The quantitative estimate of drug-likeness (QED) is 0.215. The Hall–Kier alpha value is -2.90. The molecule has 0 spiro atoms. The second-order valence-electron chi connectivity index (χ2n) is 15.0. The van der Waals surface area contributed by atoms with Crippen LogP contribution in [0.2, 0.25) is 0 Å². The van der Waals surface area contributed by atoms with Gasteiger partial charge in [-0.2, -0.15) is 0 Å². The van der Waals surface area contributed by atoms with Gasteiger partial charge in [-0.1, -0.05) is 20.8 Å². The van der Waals surface area contributed by atoms with Gasteiger partial charge in [-0.25, -0.2) is 0 Å². The maximum Gasteiger partial charge on any atom is 0.224 e. The van der Waals surface area contributed by atoms with Crippen molar-refractivity contribution in [3.8, 4) is 11.5 Å². The van der Waals surface area contributed by atoms with E-state index < -0.39 is 0 Å². The standard InChI is InChI=1S/C37H50N2O5/c1-22(4-15-35(44)39-26-9-7-25(8-10-26)38-21-23-5-11-27(40)19-33(23)42)30-13-14-31-29-12-6-24-18-28(41)16-17-36(24,2)32(29)20-34(43)37(30,31)3/h5,7-11,19,21-22,24,28-32,34,40-43H,4,6,12-18,20H2,1-3H3,(H,39,44)/t22-,24-,28-,29+,30-,31+,32+,34+,36+,37-/m1/s1. The van der Waals surface area contributed by atoms with E-state index in [0.29, 0.717) is 53.2 Å². The Balaban J connectivity index is 1.04. The van der Waals surface area contributed by atoms with Crippen LogP contribution in [0.15, 0.2) is 47.5 Å². The molecule has 7 heteroatoms. The highest BCUT2D eigenvalue weighted by atomic mass is 16.3. The zero-order valence-electron chi connectivity index (χ0n) is 26.5. The summed E-state index contributed by atoms with van der Waals surface area (Å²) in [4.78, 5) is 17.3. The van der Waals surface area contributed by atoms with Crippen molar-refractivity contribution < 1.29 is 25.2 Å². The molecule has 2 aromatic rings. The van der Waals surface area contributed by atoms with Gasteiger partial charge in [0.1, 0.15) is 11.5 Å². The summed E-state index contributed by atoms with van der Waals surface area (Å²) < 4.78 is 0. The number of carbonyl (C=O) groups is 1. The van der Waals surface area contributed by atoms with Crippen molar-refractivity contribution >= 4 is 23.5 Å². The number of hydrogen-bond donors (Lipinski definition) is 5. The highest BCUT2D eigenvalue weighted by Crippen LogP contribution is 2.68. The van der Waals surface area contributed by atoms with Gasteiger partial charge in [-0.05, 0) is 141 Å². The van der Waals surface area contributed by atoms with Gasteiger partial charge in [-0.3, -0.25) is 9.79 Å². The van der Waals surface area contributed by atoms with Crippen molar-refractivity contribution in [1.29, 1.82) is 0 Å². The van der Waals surface area contributed by atoms with E-state index in [1.807, 2.05) is 24.3 Å². The molecule has 0 unspecified atom stereocenters. The molecule has 238 valence electrons. The van der Waals surface area contributed by atoms with Crippen LogP contribution in [0.25, 0.3) is 0 Å². The number of hydrogen-bond acceptors (Lipinski definition) is 6. The first-order valence-corrected chi connectivity index (χ1v) is 16.8. The molecule has 2 aromatic carbocycles. The maximum atomic E-state index is 12.9. The average Bonchev–Trinajstić information content (AvgIpc) is 3.36. The number of aliphatic imine (C=N–C) groups is 1. The number of benzene rings is 2. The van der Waals surface area contributed by atoms with Crippen LogP contribution in [-0.4, -0.2) is 44.8 Å². The number of carbonyl (C=O) groups excluding carboxylic acids is 1. The Kier molecular flexibility index (Phi) is 8.57. The van der Waals surface area contributed by atoms with Crippen LogP contribution >= 0.6 is 0 Å². The van der Waals surface area contributed by atoms with E-state index >= 15 is 0 Å². The summed E-state index contributed by atoms with van der Waals surface area (Å²) in [5.41, 5.74) is 2.05. The molecule has 0 heterocycles. The number of anilines is 1. The SMILES string of the molecule is C[C@H](CCC(=O)Nc1ccc(N=Cc2ccc(O)cc2O)cc1)[C@H]1CC[C@H]2[C@@H]3CC[C@@H]4C[C@H](O)CC[C@]4(C)[C@H]3C[C@H](O)[C@]12C. The molecule has 4 aliphatic rings. The molecule has 44 heavy (non-hydrogen) atoms. The Labute approximate surface area is 261 Å². The van der Waals surface area contributed by atoms with E-state index in [1.54, 1.807) is 6.07 Å². The Morgan fingerprint density at radius 1 is 1.00 bits per heavy atom. The summed E-state index contributed by atoms with van der Waals surface area (Å²) >= 11 is 0. The smallest absolute Gasteiger partial charge is 0.224 e. The number of aromatic hydroxyl groups is 2. The summed E-state index contributed by atoms with van der Waals surface area (Å²) in [6, 6.07) is 11.6. The molecule has 0 saturated heterocycles. The number of aliphatic hydroxyl groups excluding tert-OH is 2. The fourth-order valence-electron chi connectivity index (χ4n) is 10.4.